The Bertz CT molecular complexity index is 1500. The van der Waals surface area contributed by atoms with Crippen molar-refractivity contribution < 1.29 is 42.9 Å². The fourth-order valence-corrected chi connectivity index (χ4v) is 6.28. The summed E-state index contributed by atoms with van der Waals surface area (Å²) in [5, 5.41) is 7.47. The lowest BCUT2D eigenvalue weighted by Gasteiger charge is -2.44. The van der Waals surface area contributed by atoms with Gasteiger partial charge in [0.25, 0.3) is 0 Å². The number of thiophene rings is 1. The number of hydrogen-bond donors (Lipinski definition) is 0. The predicted octanol–water partition coefficient (Wildman–Crippen LogP) is 5.23. The van der Waals surface area contributed by atoms with Gasteiger partial charge in [0.05, 0.1) is 15.6 Å². The van der Waals surface area contributed by atoms with Gasteiger partial charge in [0, 0.05) is 40.3 Å². The minimum absolute atomic E-state index is 0.0149. The van der Waals surface area contributed by atoms with Gasteiger partial charge in [-0.1, -0.05) is 49.7 Å². The van der Waals surface area contributed by atoms with Crippen molar-refractivity contribution in [2.45, 2.75) is 84.5 Å². The van der Waals surface area contributed by atoms with E-state index >= 15 is 0 Å². The zero-order chi connectivity index (χ0) is 32.1. The highest BCUT2D eigenvalue weighted by molar-refractivity contribution is 7.14. The molecule has 2 aromatic heterocycles. The number of nitrogens with zero attached hydrogens (tertiary/aromatic N) is 2. The van der Waals surface area contributed by atoms with Crippen molar-refractivity contribution in [2.75, 3.05) is 6.61 Å². The summed E-state index contributed by atoms with van der Waals surface area (Å²) in [7, 11) is 0. The van der Waals surface area contributed by atoms with Crippen LogP contribution in [0.5, 0.6) is 0 Å². The Morgan fingerprint density at radius 3 is 2.07 bits per heavy atom. The molecular formula is C31H35ClN2O9S. The summed E-state index contributed by atoms with van der Waals surface area (Å²) in [5.41, 5.74) is 3.73. The Kier molecular flexibility index (Phi) is 10.8. The molecule has 1 fully saturated rings. The molecule has 44 heavy (non-hydrogen) atoms. The summed E-state index contributed by atoms with van der Waals surface area (Å²) < 4.78 is 29.7. The molecule has 0 bridgehead atoms. The van der Waals surface area contributed by atoms with Crippen LogP contribution in [0.15, 0.2) is 41.9 Å². The highest BCUT2D eigenvalue weighted by Crippen LogP contribution is 2.36. The summed E-state index contributed by atoms with van der Waals surface area (Å²) in [6.07, 6.45) is -3.65. The second-order valence-electron chi connectivity index (χ2n) is 10.7. The third-order valence-electron chi connectivity index (χ3n) is 6.84. The molecule has 0 saturated carbocycles. The van der Waals surface area contributed by atoms with E-state index in [9.17, 15) is 19.2 Å². The maximum absolute atomic E-state index is 12.3. The third-order valence-corrected chi connectivity index (χ3v) is 8.23. The third kappa shape index (κ3) is 8.04. The number of carbonyl (C=O) groups is 4. The molecule has 0 radical (unpaired) electrons. The van der Waals surface area contributed by atoms with Gasteiger partial charge in [0.1, 0.15) is 12.7 Å². The van der Waals surface area contributed by atoms with Gasteiger partial charge in [-0.2, -0.15) is 5.10 Å². The van der Waals surface area contributed by atoms with Crippen molar-refractivity contribution in [2.24, 2.45) is 0 Å². The fourth-order valence-electron chi connectivity index (χ4n) is 5.11. The number of esters is 4. The maximum atomic E-state index is 12.3. The van der Waals surface area contributed by atoms with E-state index in [0.717, 1.165) is 27.3 Å². The lowest BCUT2D eigenvalue weighted by molar-refractivity contribution is -0.270. The molecule has 0 unspecified atom stereocenters. The van der Waals surface area contributed by atoms with Crippen LogP contribution in [0.2, 0.25) is 5.02 Å². The molecule has 3 aromatic rings. The van der Waals surface area contributed by atoms with Crippen molar-refractivity contribution in [1.82, 2.24) is 9.78 Å². The van der Waals surface area contributed by atoms with E-state index in [0.29, 0.717) is 11.4 Å². The zero-order valence-electron chi connectivity index (χ0n) is 25.3. The largest absolute Gasteiger partial charge is 0.463 e. The Morgan fingerprint density at radius 2 is 1.52 bits per heavy atom. The molecule has 1 aliphatic heterocycles. The van der Waals surface area contributed by atoms with E-state index in [1.807, 2.05) is 49.6 Å². The van der Waals surface area contributed by atoms with Crippen LogP contribution in [-0.2, 0) is 49.3 Å². The molecule has 236 valence electrons. The molecule has 3 heterocycles. The first-order valence-electron chi connectivity index (χ1n) is 14.0. The normalized spacial score (nSPS) is 21.5. The SMILES string of the molecule is CC(=O)OC[C@H]1O[C@@H](n2cc(Cc3ccc(-c4sccc4Cl)cc3)c(C(C)C)n2)[C@H](OC(C)=O)[C@@H](OC(C)=O)[C@@H]1OC(C)=O. The first kappa shape index (κ1) is 33.2. The molecule has 0 amide bonds. The second-order valence-corrected chi connectivity index (χ2v) is 12.1. The van der Waals surface area contributed by atoms with E-state index in [1.165, 1.54) is 32.4 Å². The molecule has 11 nitrogen and oxygen atoms in total. The highest BCUT2D eigenvalue weighted by atomic mass is 35.5. The van der Waals surface area contributed by atoms with Gasteiger partial charge in [0.2, 0.25) is 0 Å². The number of halogens is 1. The highest BCUT2D eigenvalue weighted by Gasteiger charge is 2.53. The van der Waals surface area contributed by atoms with Crippen molar-refractivity contribution >= 4 is 46.8 Å². The lowest BCUT2D eigenvalue weighted by Crippen LogP contribution is -2.60. The molecular weight excluding hydrogens is 612 g/mol. The van der Waals surface area contributed by atoms with Gasteiger partial charge in [-0.05, 0) is 34.1 Å². The van der Waals surface area contributed by atoms with E-state index in [1.54, 1.807) is 17.5 Å². The zero-order valence-corrected chi connectivity index (χ0v) is 26.8. The van der Waals surface area contributed by atoms with Gasteiger partial charge in [-0.3, -0.25) is 19.2 Å². The Balaban J connectivity index is 1.72. The maximum Gasteiger partial charge on any atom is 0.303 e. The number of rotatable bonds is 10. The van der Waals surface area contributed by atoms with Gasteiger partial charge >= 0.3 is 23.9 Å². The first-order valence-corrected chi connectivity index (χ1v) is 15.3. The minimum atomic E-state index is -1.29. The molecule has 1 aromatic carbocycles. The average Bonchev–Trinajstić information content (AvgIpc) is 3.56. The first-order chi connectivity index (χ1) is 20.8. The number of aromatic nitrogens is 2. The van der Waals surface area contributed by atoms with Crippen molar-refractivity contribution in [3.63, 3.8) is 0 Å². The molecule has 5 atom stereocenters. The lowest BCUT2D eigenvalue weighted by atomic mass is 9.97. The Hall–Kier alpha value is -3.74. The molecule has 1 saturated heterocycles. The molecule has 0 spiro atoms. The average molecular weight is 647 g/mol. The number of benzene rings is 1. The Morgan fingerprint density at radius 1 is 0.909 bits per heavy atom. The van der Waals surface area contributed by atoms with Gasteiger partial charge in [0.15, 0.2) is 24.5 Å². The van der Waals surface area contributed by atoms with Gasteiger partial charge in [-0.15, -0.1) is 11.3 Å². The summed E-state index contributed by atoms with van der Waals surface area (Å²) in [6, 6.07) is 9.96. The van der Waals surface area contributed by atoms with Crippen LogP contribution in [0, 0.1) is 0 Å². The predicted molar refractivity (Wildman–Crippen MR) is 161 cm³/mol. The standard InChI is InChI=1S/C31H35ClN2O9S/c1-16(2)26-23(13-21-7-9-22(10-8-21)30-24(32)11-12-44-30)14-34(33-26)31-29(42-20(6)38)28(41-19(5)37)27(40-18(4)36)25(43-31)15-39-17(3)35/h7-12,14,16,25,27-29,31H,13,15H2,1-6H3/t25-,27-,28+,29-,31-/m1/s1. The summed E-state index contributed by atoms with van der Waals surface area (Å²) >= 11 is 7.89. The molecule has 1 aliphatic rings. The monoisotopic (exact) mass is 646 g/mol. The van der Waals surface area contributed by atoms with Crippen molar-refractivity contribution in [3.8, 4) is 10.4 Å². The number of ether oxygens (including phenoxy) is 5. The summed E-state index contributed by atoms with van der Waals surface area (Å²) in [6.45, 7) is 8.48. The van der Waals surface area contributed by atoms with Gasteiger partial charge < -0.3 is 23.7 Å². The summed E-state index contributed by atoms with van der Waals surface area (Å²) in [4.78, 5) is 49.2. The summed E-state index contributed by atoms with van der Waals surface area (Å²) in [5.74, 6) is -2.65. The quantitative estimate of drug-likeness (QED) is 0.213. The topological polar surface area (TPSA) is 132 Å². The second kappa shape index (κ2) is 14.4. The van der Waals surface area contributed by atoms with Crippen LogP contribution in [0.25, 0.3) is 10.4 Å². The van der Waals surface area contributed by atoms with Crippen molar-refractivity contribution in [3.05, 3.63) is 63.8 Å². The van der Waals surface area contributed by atoms with Crippen LogP contribution >= 0.6 is 22.9 Å². The van der Waals surface area contributed by atoms with Crippen LogP contribution in [-0.4, -0.2) is 64.7 Å². The van der Waals surface area contributed by atoms with Crippen LogP contribution in [0.1, 0.15) is 70.5 Å². The van der Waals surface area contributed by atoms with E-state index in [2.05, 4.69) is 0 Å². The molecule has 0 N–H and O–H groups in total. The number of carbonyl (C=O) groups excluding carboxylic acids is 4. The van der Waals surface area contributed by atoms with E-state index in [4.69, 9.17) is 40.4 Å². The smallest absolute Gasteiger partial charge is 0.303 e. The molecule has 0 aliphatic carbocycles. The molecule has 13 heteroatoms. The minimum Gasteiger partial charge on any atom is -0.463 e. The van der Waals surface area contributed by atoms with Crippen LogP contribution in [0.3, 0.4) is 0 Å². The van der Waals surface area contributed by atoms with E-state index in [-0.39, 0.29) is 12.5 Å². The van der Waals surface area contributed by atoms with Gasteiger partial charge in [-0.25, -0.2) is 4.68 Å². The number of hydrogen-bond acceptors (Lipinski definition) is 11. The van der Waals surface area contributed by atoms with Crippen LogP contribution in [0.4, 0.5) is 0 Å². The van der Waals surface area contributed by atoms with E-state index < -0.39 is 54.5 Å². The van der Waals surface area contributed by atoms with Crippen LogP contribution < -0.4 is 0 Å². The fraction of sp³-hybridized carbons (Fsp3) is 0.452. The Labute approximate surface area is 264 Å². The van der Waals surface area contributed by atoms with Crippen molar-refractivity contribution in [1.29, 1.82) is 0 Å². The molecule has 4 rings (SSSR count).